The average Bonchev–Trinajstić information content (AvgIpc) is 3.12. The van der Waals surface area contributed by atoms with Gasteiger partial charge in [-0.15, -0.1) is 0 Å². The van der Waals surface area contributed by atoms with Crippen LogP contribution < -0.4 is 5.32 Å². The minimum atomic E-state index is -4.10. The van der Waals surface area contributed by atoms with Crippen molar-refractivity contribution in [2.75, 3.05) is 12.3 Å². The zero-order valence-electron chi connectivity index (χ0n) is 21.4. The van der Waals surface area contributed by atoms with Crippen molar-refractivity contribution in [1.29, 1.82) is 0 Å². The molecule has 0 spiro atoms. The maximum absolute atomic E-state index is 12.2. The second-order valence-electron chi connectivity index (χ2n) is 12.7. The lowest BCUT2D eigenvalue weighted by Gasteiger charge is -2.63. The van der Waals surface area contributed by atoms with Crippen molar-refractivity contribution in [3.8, 4) is 0 Å². The Morgan fingerprint density at radius 1 is 1.06 bits per heavy atom. The first-order valence-electron chi connectivity index (χ1n) is 13.5. The topological polar surface area (TPSA) is 144 Å². The molecule has 4 rings (SSSR count). The van der Waals surface area contributed by atoms with Crippen molar-refractivity contribution in [3.63, 3.8) is 0 Å². The molecule has 35 heavy (non-hydrogen) atoms. The van der Waals surface area contributed by atoms with Crippen LogP contribution in [-0.2, 0) is 14.9 Å². The van der Waals surface area contributed by atoms with Crippen LogP contribution in [0.25, 0.3) is 0 Å². The Balaban J connectivity index is 1.43. The molecule has 0 heterocycles. The van der Waals surface area contributed by atoms with Gasteiger partial charge in [0, 0.05) is 13.0 Å². The maximum atomic E-state index is 12.2. The molecule has 0 aliphatic heterocycles. The molecular weight excluding hydrogens is 470 g/mol. The van der Waals surface area contributed by atoms with Crippen LogP contribution >= 0.6 is 0 Å². The van der Waals surface area contributed by atoms with Gasteiger partial charge in [-0.1, -0.05) is 20.8 Å². The lowest BCUT2D eigenvalue weighted by Crippen LogP contribution is -2.62. The second-order valence-corrected chi connectivity index (χ2v) is 14.2. The van der Waals surface area contributed by atoms with Crippen molar-refractivity contribution < 1.29 is 33.1 Å². The monoisotopic (exact) mass is 515 g/mol. The summed E-state index contributed by atoms with van der Waals surface area (Å²) in [5.74, 6) is 0.705. The van der Waals surface area contributed by atoms with Gasteiger partial charge < -0.3 is 20.6 Å². The largest absolute Gasteiger partial charge is 0.393 e. The summed E-state index contributed by atoms with van der Waals surface area (Å²) >= 11 is 0. The third-order valence-corrected chi connectivity index (χ3v) is 11.7. The van der Waals surface area contributed by atoms with E-state index in [0.29, 0.717) is 18.8 Å². The van der Waals surface area contributed by atoms with Crippen LogP contribution in [0.2, 0.25) is 0 Å². The summed E-state index contributed by atoms with van der Waals surface area (Å²) < 4.78 is 30.5. The summed E-state index contributed by atoms with van der Waals surface area (Å²) in [6.07, 6.45) is 5.67. The molecule has 0 saturated heterocycles. The normalized spacial score (nSPS) is 46.3. The van der Waals surface area contributed by atoms with E-state index in [1.165, 1.54) is 0 Å². The van der Waals surface area contributed by atoms with Gasteiger partial charge in [0.15, 0.2) is 0 Å². The average molecular weight is 516 g/mol. The highest BCUT2D eigenvalue weighted by Crippen LogP contribution is 2.68. The summed E-state index contributed by atoms with van der Waals surface area (Å²) in [6.45, 7) is 6.56. The first kappa shape index (κ1) is 27.3. The first-order valence-corrected chi connectivity index (χ1v) is 15.1. The van der Waals surface area contributed by atoms with Gasteiger partial charge in [-0.3, -0.25) is 9.35 Å². The van der Waals surface area contributed by atoms with Gasteiger partial charge in [-0.2, -0.15) is 8.42 Å². The molecule has 0 radical (unpaired) electrons. The third kappa shape index (κ3) is 5.05. The molecule has 4 aliphatic carbocycles. The van der Waals surface area contributed by atoms with Crippen LogP contribution in [0.5, 0.6) is 0 Å². The minimum Gasteiger partial charge on any atom is -0.393 e. The minimum absolute atomic E-state index is 0.0509. The molecule has 9 heteroatoms. The second kappa shape index (κ2) is 9.86. The summed E-state index contributed by atoms with van der Waals surface area (Å²) in [5, 5.41) is 35.8. The molecule has 0 aromatic heterocycles. The number of aliphatic hydroxyl groups is 3. The highest BCUT2D eigenvalue weighted by Gasteiger charge is 2.65. The van der Waals surface area contributed by atoms with Crippen molar-refractivity contribution in [3.05, 3.63) is 0 Å². The smallest absolute Gasteiger partial charge is 0.266 e. The van der Waals surface area contributed by atoms with Crippen LogP contribution in [-0.4, -0.2) is 64.8 Å². The Morgan fingerprint density at radius 3 is 2.46 bits per heavy atom. The van der Waals surface area contributed by atoms with E-state index in [9.17, 15) is 28.5 Å². The van der Waals surface area contributed by atoms with Crippen LogP contribution in [0.3, 0.4) is 0 Å². The number of hydrogen-bond donors (Lipinski definition) is 5. The van der Waals surface area contributed by atoms with Crippen molar-refractivity contribution in [2.45, 2.75) is 96.9 Å². The lowest BCUT2D eigenvalue weighted by atomic mass is 9.43. The standard InChI is InChI=1S/C26H45NO7S/c1-15(4-7-23(31)27-10-11-35(32,33)34)18-5-6-19-24-20(14-22(30)26(18,19)3)25(2)9-8-17(28)12-16(25)13-21(24)29/h15-22,24,28-30H,4-14H2,1-3H3,(H,27,31)(H,32,33,34)/t15-,16?,17+,18?,19+,20-,21+,22-,24-,25+,26-/m1/s1. The molecule has 8 nitrogen and oxygen atoms in total. The van der Waals surface area contributed by atoms with E-state index in [0.717, 1.165) is 38.5 Å². The van der Waals surface area contributed by atoms with Gasteiger partial charge in [0.05, 0.1) is 24.1 Å². The highest BCUT2D eigenvalue weighted by molar-refractivity contribution is 7.85. The van der Waals surface area contributed by atoms with Crippen LogP contribution in [0.1, 0.15) is 78.6 Å². The molecule has 0 aromatic carbocycles. The van der Waals surface area contributed by atoms with Crippen LogP contribution in [0.15, 0.2) is 0 Å². The highest BCUT2D eigenvalue weighted by atomic mass is 32.2. The number of carbonyl (C=O) groups excluding carboxylic acids is 1. The number of hydrogen-bond acceptors (Lipinski definition) is 6. The van der Waals surface area contributed by atoms with Gasteiger partial charge >= 0.3 is 0 Å². The number of aliphatic hydroxyl groups excluding tert-OH is 3. The Kier molecular flexibility index (Phi) is 7.69. The quantitative estimate of drug-likeness (QED) is 0.327. The number of nitrogens with one attached hydrogen (secondary N) is 1. The molecule has 2 unspecified atom stereocenters. The zero-order valence-corrected chi connectivity index (χ0v) is 22.2. The Hall–Kier alpha value is -0.740. The van der Waals surface area contributed by atoms with Crippen molar-refractivity contribution >= 4 is 16.0 Å². The van der Waals surface area contributed by atoms with Gasteiger partial charge in [0.25, 0.3) is 10.1 Å². The summed E-state index contributed by atoms with van der Waals surface area (Å²) in [7, 11) is -4.10. The van der Waals surface area contributed by atoms with E-state index >= 15 is 0 Å². The van der Waals surface area contributed by atoms with Gasteiger partial charge in [0.2, 0.25) is 5.91 Å². The van der Waals surface area contributed by atoms with E-state index < -0.39 is 28.1 Å². The first-order chi connectivity index (χ1) is 16.3. The number of fused-ring (bicyclic) bond motifs is 5. The van der Waals surface area contributed by atoms with E-state index in [4.69, 9.17) is 4.55 Å². The molecule has 202 valence electrons. The zero-order chi connectivity index (χ0) is 25.8. The Labute approximate surface area is 210 Å². The third-order valence-electron chi connectivity index (χ3n) is 11.0. The predicted molar refractivity (Wildman–Crippen MR) is 132 cm³/mol. The molecule has 4 saturated carbocycles. The van der Waals surface area contributed by atoms with Gasteiger partial charge in [-0.05, 0) is 97.7 Å². The predicted octanol–water partition coefficient (Wildman–Crippen LogP) is 2.37. The lowest BCUT2D eigenvalue weighted by molar-refractivity contribution is -0.207. The summed E-state index contributed by atoms with van der Waals surface area (Å²) in [6, 6.07) is 0. The molecule has 11 atom stereocenters. The maximum Gasteiger partial charge on any atom is 0.266 e. The van der Waals surface area contributed by atoms with Crippen molar-refractivity contribution in [2.24, 2.45) is 46.3 Å². The Morgan fingerprint density at radius 2 is 1.77 bits per heavy atom. The van der Waals surface area contributed by atoms with E-state index in [-0.39, 0.29) is 65.4 Å². The fourth-order valence-electron chi connectivity index (χ4n) is 9.10. The molecule has 1 amide bonds. The van der Waals surface area contributed by atoms with Crippen molar-refractivity contribution in [1.82, 2.24) is 5.32 Å². The summed E-state index contributed by atoms with van der Waals surface area (Å²) in [4.78, 5) is 12.2. The number of amides is 1. The van der Waals surface area contributed by atoms with E-state index in [2.05, 4.69) is 26.1 Å². The molecule has 4 aliphatic rings. The van der Waals surface area contributed by atoms with Crippen LogP contribution in [0.4, 0.5) is 0 Å². The number of rotatable bonds is 7. The van der Waals surface area contributed by atoms with Gasteiger partial charge in [-0.25, -0.2) is 0 Å². The van der Waals surface area contributed by atoms with E-state index in [1.807, 2.05) is 0 Å². The molecule has 0 bridgehead atoms. The summed E-state index contributed by atoms with van der Waals surface area (Å²) in [5.41, 5.74) is -0.254. The molecular formula is C26H45NO7S. The fraction of sp³-hybridized carbons (Fsp3) is 0.962. The number of carbonyl (C=O) groups is 1. The van der Waals surface area contributed by atoms with E-state index in [1.54, 1.807) is 0 Å². The fourth-order valence-corrected chi connectivity index (χ4v) is 9.46. The molecule has 4 fully saturated rings. The molecule has 0 aromatic rings. The van der Waals surface area contributed by atoms with Crippen LogP contribution in [0, 0.1) is 46.3 Å². The Bertz CT molecular complexity index is 896. The SMILES string of the molecule is C[C@H](CCC(=O)NCCS(=O)(=O)O)C1CC[C@H]2[C@@H]3[C@@H](C[C@@H](O)[C@]12C)[C@@]1(C)CC[C@H](O)CC1C[C@@H]3O. The molecule has 5 N–H and O–H groups in total. The van der Waals surface area contributed by atoms with Gasteiger partial charge in [0.1, 0.15) is 0 Å².